The number of fused-ring (bicyclic) bond motifs is 5. The second kappa shape index (κ2) is 9.98. The number of amides is 2. The Bertz CT molecular complexity index is 1920. The van der Waals surface area contributed by atoms with Gasteiger partial charge < -0.3 is 0 Å². The number of halogens is 1. The molecule has 1 aliphatic heterocycles. The van der Waals surface area contributed by atoms with Crippen molar-refractivity contribution in [3.8, 4) is 0 Å². The van der Waals surface area contributed by atoms with Gasteiger partial charge in [0.2, 0.25) is 11.8 Å². The molecule has 5 heteroatoms. The van der Waals surface area contributed by atoms with Crippen LogP contribution in [0.3, 0.4) is 0 Å². The van der Waals surface area contributed by atoms with Crippen molar-refractivity contribution in [3.05, 3.63) is 172 Å². The Labute approximate surface area is 266 Å². The summed E-state index contributed by atoms with van der Waals surface area (Å²) >= 11 is 6.54. The molecule has 2 bridgehead atoms. The van der Waals surface area contributed by atoms with Crippen LogP contribution in [0.5, 0.6) is 0 Å². The SMILES string of the molecule is Cc1ccc(N2C(=O)[C@@H]3[C@H](C2=O)[C@@]2(c4ccccc4)C(=O)[C@@]3(c3ccccc3)C(c3ccccc3)=C2c2ccccc2)cc1Cl. The van der Waals surface area contributed by atoms with Crippen molar-refractivity contribution in [1.82, 2.24) is 0 Å². The van der Waals surface area contributed by atoms with Crippen molar-refractivity contribution < 1.29 is 14.4 Å². The molecule has 0 aromatic heterocycles. The highest BCUT2D eigenvalue weighted by Crippen LogP contribution is 2.74. The number of allylic oxidation sites excluding steroid dienone is 2. The number of rotatable bonds is 5. The minimum atomic E-state index is -1.43. The van der Waals surface area contributed by atoms with E-state index in [0.29, 0.717) is 21.8 Å². The highest BCUT2D eigenvalue weighted by molar-refractivity contribution is 6.39. The molecule has 2 aliphatic carbocycles. The molecule has 0 radical (unpaired) electrons. The molecule has 5 aromatic rings. The summed E-state index contributed by atoms with van der Waals surface area (Å²) in [6.07, 6.45) is 0. The van der Waals surface area contributed by atoms with Crippen LogP contribution < -0.4 is 4.90 Å². The van der Waals surface area contributed by atoms with Crippen molar-refractivity contribution in [1.29, 1.82) is 0 Å². The third-order valence-corrected chi connectivity index (χ3v) is 10.4. The van der Waals surface area contributed by atoms with E-state index < -0.39 is 22.7 Å². The maximum Gasteiger partial charge on any atom is 0.239 e. The third-order valence-electron chi connectivity index (χ3n) is 9.99. The highest BCUT2D eigenvalue weighted by atomic mass is 35.5. The lowest BCUT2D eigenvalue weighted by molar-refractivity contribution is -0.130. The van der Waals surface area contributed by atoms with E-state index in [1.807, 2.05) is 134 Å². The molecule has 218 valence electrons. The molecule has 45 heavy (non-hydrogen) atoms. The van der Waals surface area contributed by atoms with E-state index in [4.69, 9.17) is 11.6 Å². The maximum absolute atomic E-state index is 15.8. The van der Waals surface area contributed by atoms with E-state index in [2.05, 4.69) is 0 Å². The molecule has 0 spiro atoms. The Kier molecular flexibility index (Phi) is 6.10. The van der Waals surface area contributed by atoms with Crippen LogP contribution in [0.25, 0.3) is 11.1 Å². The number of aryl methyl sites for hydroxylation is 1. The molecular weight excluding hydrogens is 578 g/mol. The van der Waals surface area contributed by atoms with Gasteiger partial charge >= 0.3 is 0 Å². The second-order valence-electron chi connectivity index (χ2n) is 12.1. The van der Waals surface area contributed by atoms with E-state index in [1.54, 1.807) is 12.1 Å². The van der Waals surface area contributed by atoms with E-state index in [9.17, 15) is 9.59 Å². The summed E-state index contributed by atoms with van der Waals surface area (Å²) in [6.45, 7) is 1.88. The van der Waals surface area contributed by atoms with Gasteiger partial charge in [-0.1, -0.05) is 139 Å². The maximum atomic E-state index is 15.8. The molecule has 0 unspecified atom stereocenters. The largest absolute Gasteiger partial charge is 0.297 e. The normalized spacial score (nSPS) is 25.3. The molecule has 2 amide bonds. The lowest BCUT2D eigenvalue weighted by Gasteiger charge is -2.39. The van der Waals surface area contributed by atoms with Crippen LogP contribution in [0.2, 0.25) is 5.02 Å². The molecule has 8 rings (SSSR count). The molecule has 4 atom stereocenters. The topological polar surface area (TPSA) is 54.5 Å². The Balaban J connectivity index is 1.55. The summed E-state index contributed by atoms with van der Waals surface area (Å²) in [5, 5.41) is 0.466. The number of Topliss-reactive ketones (excluding diaryl/α,β-unsaturated/α-hetero) is 1. The fourth-order valence-electron chi connectivity index (χ4n) is 8.31. The third kappa shape index (κ3) is 3.46. The molecule has 1 saturated carbocycles. The van der Waals surface area contributed by atoms with Gasteiger partial charge in [-0.2, -0.15) is 0 Å². The Morgan fingerprint density at radius 2 is 0.956 bits per heavy atom. The van der Waals surface area contributed by atoms with E-state index in [-0.39, 0.29) is 17.6 Å². The van der Waals surface area contributed by atoms with Gasteiger partial charge in [0.05, 0.1) is 28.4 Å². The van der Waals surface area contributed by atoms with Crippen LogP contribution in [0.1, 0.15) is 27.8 Å². The first-order chi connectivity index (χ1) is 21.9. The monoisotopic (exact) mass is 605 g/mol. The second-order valence-corrected chi connectivity index (χ2v) is 12.5. The van der Waals surface area contributed by atoms with Crippen molar-refractivity contribution in [2.45, 2.75) is 17.8 Å². The van der Waals surface area contributed by atoms with Crippen LogP contribution in [0.4, 0.5) is 5.69 Å². The summed E-state index contributed by atoms with van der Waals surface area (Å²) in [4.78, 5) is 47.1. The number of ketones is 1. The zero-order valence-electron chi connectivity index (χ0n) is 24.5. The molecule has 2 fully saturated rings. The molecule has 1 heterocycles. The average Bonchev–Trinajstić information content (AvgIpc) is 3.59. The number of carbonyl (C=O) groups excluding carboxylic acids is 3. The number of hydrogen-bond donors (Lipinski definition) is 0. The van der Waals surface area contributed by atoms with Gasteiger partial charge in [-0.05, 0) is 58.0 Å². The average molecular weight is 606 g/mol. The fraction of sp³-hybridized carbons (Fsp3) is 0.125. The van der Waals surface area contributed by atoms with Gasteiger partial charge in [0, 0.05) is 5.02 Å². The van der Waals surface area contributed by atoms with Crippen LogP contribution in [0, 0.1) is 18.8 Å². The Morgan fingerprint density at radius 3 is 1.36 bits per heavy atom. The summed E-state index contributed by atoms with van der Waals surface area (Å²) in [6, 6.07) is 44.1. The summed E-state index contributed by atoms with van der Waals surface area (Å²) in [5.41, 5.74) is 3.07. The van der Waals surface area contributed by atoms with Crippen LogP contribution in [-0.2, 0) is 25.2 Å². The standard InChI is InChI=1S/C40H28ClNO3/c1-25-22-23-30(24-31(25)41)42-36(43)34-35(37(42)44)40(29-20-12-5-13-21-29)33(27-16-8-3-9-17-27)32(26-14-6-2-7-15-26)39(34,38(40)45)28-18-10-4-11-19-28/h2-24,34-35H,1H3/t34-,35+,39-,40-/m0/s1. The number of hydrogen-bond acceptors (Lipinski definition) is 3. The van der Waals surface area contributed by atoms with Gasteiger partial charge in [-0.3, -0.25) is 14.4 Å². The first-order valence-corrected chi connectivity index (χ1v) is 15.5. The van der Waals surface area contributed by atoms with Gasteiger partial charge in [0.25, 0.3) is 0 Å². The zero-order chi connectivity index (χ0) is 30.9. The lowest BCUT2D eigenvalue weighted by atomic mass is 9.59. The van der Waals surface area contributed by atoms with E-state index in [1.165, 1.54) is 4.90 Å². The lowest BCUT2D eigenvalue weighted by Crippen LogP contribution is -2.45. The smallest absolute Gasteiger partial charge is 0.239 e. The number of benzene rings is 5. The van der Waals surface area contributed by atoms with Crippen molar-refractivity contribution >= 4 is 46.0 Å². The van der Waals surface area contributed by atoms with E-state index in [0.717, 1.165) is 27.8 Å². The molecule has 5 aromatic carbocycles. The fourth-order valence-corrected chi connectivity index (χ4v) is 8.48. The quantitative estimate of drug-likeness (QED) is 0.192. The van der Waals surface area contributed by atoms with Crippen molar-refractivity contribution in [2.75, 3.05) is 4.90 Å². The van der Waals surface area contributed by atoms with Crippen molar-refractivity contribution in [2.24, 2.45) is 11.8 Å². The number of anilines is 1. The van der Waals surface area contributed by atoms with Gasteiger partial charge in [-0.15, -0.1) is 0 Å². The predicted molar refractivity (Wildman–Crippen MR) is 177 cm³/mol. The number of imide groups is 1. The molecule has 4 nitrogen and oxygen atoms in total. The summed E-state index contributed by atoms with van der Waals surface area (Å²) in [5.74, 6) is -2.85. The molecular formula is C40H28ClNO3. The minimum absolute atomic E-state index is 0.136. The van der Waals surface area contributed by atoms with Gasteiger partial charge in [0.1, 0.15) is 0 Å². The first-order valence-electron chi connectivity index (χ1n) is 15.1. The van der Waals surface area contributed by atoms with Gasteiger partial charge in [0.15, 0.2) is 5.78 Å². The van der Waals surface area contributed by atoms with E-state index >= 15 is 4.79 Å². The summed E-state index contributed by atoms with van der Waals surface area (Å²) < 4.78 is 0. The Hall–Kier alpha value is -5.06. The van der Waals surface area contributed by atoms with Crippen molar-refractivity contribution in [3.63, 3.8) is 0 Å². The number of nitrogens with zero attached hydrogens (tertiary/aromatic N) is 1. The minimum Gasteiger partial charge on any atom is -0.297 e. The highest BCUT2D eigenvalue weighted by Gasteiger charge is 2.82. The predicted octanol–water partition coefficient (Wildman–Crippen LogP) is 7.84. The van der Waals surface area contributed by atoms with Crippen LogP contribution in [-0.4, -0.2) is 17.6 Å². The van der Waals surface area contributed by atoms with Gasteiger partial charge in [-0.25, -0.2) is 4.90 Å². The first kappa shape index (κ1) is 27.5. The zero-order valence-corrected chi connectivity index (χ0v) is 25.2. The molecule has 0 N–H and O–H groups in total. The summed E-state index contributed by atoms with van der Waals surface area (Å²) in [7, 11) is 0. The van der Waals surface area contributed by atoms with Crippen LogP contribution >= 0.6 is 11.6 Å². The Morgan fingerprint density at radius 1 is 0.556 bits per heavy atom. The molecule has 1 saturated heterocycles. The number of carbonyl (C=O) groups is 3. The van der Waals surface area contributed by atoms with Crippen LogP contribution in [0.15, 0.2) is 140 Å². The molecule has 3 aliphatic rings.